The molecule has 0 aliphatic carbocycles. The Morgan fingerprint density at radius 2 is 1.13 bits per heavy atom. The summed E-state index contributed by atoms with van der Waals surface area (Å²) < 4.78 is 8.52. The molecule has 0 atom stereocenters. The van der Waals surface area contributed by atoms with Crippen LogP contribution in [-0.4, -0.2) is 31.0 Å². The predicted molar refractivity (Wildman–Crippen MR) is 71.3 cm³/mol. The van der Waals surface area contributed by atoms with Crippen molar-refractivity contribution in [2.45, 2.75) is 14.9 Å². The molecule has 0 spiro atoms. The molecule has 0 unspecified atom stereocenters. The van der Waals surface area contributed by atoms with Crippen molar-refractivity contribution in [2.75, 3.05) is 14.2 Å². The maximum Gasteiger partial charge on any atom is 0.253 e. The number of hydrogen-bond donors (Lipinski definition) is 3. The third-order valence-corrected chi connectivity index (χ3v) is 0.736. The highest BCUT2D eigenvalue weighted by atomic mass is 32.1. The third-order valence-electron chi connectivity index (χ3n) is 0.402. The Hall–Kier alpha value is -1.15. The van der Waals surface area contributed by atoms with Gasteiger partial charge in [-0.15, -0.1) is 0 Å². The van der Waals surface area contributed by atoms with Gasteiger partial charge in [-0.3, -0.25) is 4.79 Å². The summed E-state index contributed by atoms with van der Waals surface area (Å²) in [7, 11) is 2.87. The summed E-state index contributed by atoms with van der Waals surface area (Å²) >= 11 is 8.50. The van der Waals surface area contributed by atoms with Crippen molar-refractivity contribution in [1.29, 1.82) is 0 Å². The van der Waals surface area contributed by atoms with Crippen LogP contribution in [0.5, 0.6) is 0 Å². The zero-order valence-electron chi connectivity index (χ0n) is 7.35. The topological polar surface area (TPSA) is 114 Å². The second kappa shape index (κ2) is 29.3. The van der Waals surface area contributed by atoms with E-state index in [1.807, 2.05) is 0 Å². The molecule has 0 saturated carbocycles. The maximum absolute atomic E-state index is 8.58. The second-order valence-electron chi connectivity index (χ2n) is 1.18. The lowest BCUT2D eigenvalue weighted by Crippen LogP contribution is -2.08. The van der Waals surface area contributed by atoms with Gasteiger partial charge in [0.15, 0.2) is 0 Å². The Kier molecular flexibility index (Phi) is 57.0. The lowest BCUT2D eigenvalue weighted by Gasteiger charge is -1.85. The normalized spacial score (nSPS) is 5.20. The van der Waals surface area contributed by atoms with Gasteiger partial charge in [-0.2, -0.15) is 0 Å². The average molecular weight is 259 g/mol. The molecule has 1 amide bonds. The maximum atomic E-state index is 8.58. The molecule has 8 heteroatoms. The summed E-state index contributed by atoms with van der Waals surface area (Å²) in [5.41, 5.74) is 13.8. The van der Waals surface area contributed by atoms with Crippen LogP contribution in [-0.2, 0) is 14.3 Å². The van der Waals surface area contributed by atoms with E-state index in [0.29, 0.717) is 0 Å². The summed E-state index contributed by atoms with van der Waals surface area (Å²) in [6.45, 7) is 0. The first-order chi connectivity index (χ1) is 5.95. The van der Waals surface area contributed by atoms with E-state index >= 15 is 0 Å². The van der Waals surface area contributed by atoms with Gasteiger partial charge < -0.3 is 26.7 Å². The summed E-state index contributed by atoms with van der Waals surface area (Å²) in [5.74, 6) is 0. The highest BCUT2D eigenvalue weighted by molar-refractivity contribution is 7.80. The molecule has 0 aliphatic heterocycles. The van der Waals surface area contributed by atoms with Crippen LogP contribution in [0.3, 0.4) is 0 Å². The number of carbonyl (C=O) groups is 1. The van der Waals surface area contributed by atoms with E-state index in [1.54, 1.807) is 0 Å². The van der Waals surface area contributed by atoms with E-state index in [0.717, 1.165) is 0 Å². The van der Waals surface area contributed by atoms with E-state index in [1.165, 1.54) is 14.2 Å². The van der Waals surface area contributed by atoms with Gasteiger partial charge in [0.25, 0.3) is 10.3 Å². The number of ether oxygens (including phenoxy) is 2. The summed E-state index contributed by atoms with van der Waals surface area (Å²) in [6, 6.07) is 0. The monoisotopic (exact) mass is 259 g/mol. The zero-order chi connectivity index (χ0) is 11.3. The lowest BCUT2D eigenvalue weighted by molar-refractivity contribution is -0.106. The number of rotatable bonds is 0. The van der Waals surface area contributed by atoms with Crippen molar-refractivity contribution in [3.63, 3.8) is 0 Å². The van der Waals surface area contributed by atoms with Gasteiger partial charge in [0.2, 0.25) is 6.41 Å². The van der Waals surface area contributed by atoms with Gasteiger partial charge >= 0.3 is 0 Å². The van der Waals surface area contributed by atoms with Crippen LogP contribution in [0.4, 0.5) is 0 Å². The van der Waals surface area contributed by atoms with Crippen LogP contribution in [0.1, 0.15) is 14.9 Å². The van der Waals surface area contributed by atoms with E-state index in [4.69, 9.17) is 16.3 Å². The van der Waals surface area contributed by atoms with Gasteiger partial charge in [-0.25, -0.2) is 0 Å². The van der Waals surface area contributed by atoms with Gasteiger partial charge in [0.05, 0.1) is 14.2 Å². The predicted octanol–water partition coefficient (Wildman–Crippen LogP) is 0.127. The van der Waals surface area contributed by atoms with Gasteiger partial charge in [-0.05, 0) is 24.4 Å². The number of hydrogen-bond acceptors (Lipinski definition) is 5. The molecule has 15 heavy (non-hydrogen) atoms. The summed E-state index contributed by atoms with van der Waals surface area (Å²) in [4.78, 5) is 8.58. The van der Waals surface area contributed by atoms with Crippen molar-refractivity contribution >= 4 is 41.2 Å². The van der Waals surface area contributed by atoms with E-state index in [2.05, 4.69) is 39.6 Å². The van der Waals surface area contributed by atoms with Crippen LogP contribution >= 0.6 is 24.4 Å². The first-order valence-electron chi connectivity index (χ1n) is 2.78. The number of nitrogens with two attached hydrogens (primary N) is 3. The summed E-state index contributed by atoms with van der Waals surface area (Å²) in [6.07, 6.45) is 0.250. The Labute approximate surface area is 102 Å². The fraction of sp³-hybridized carbons (Fsp3) is 0.571. The molecule has 0 heterocycles. The quantitative estimate of drug-likeness (QED) is 0.418. The molecule has 0 aliphatic rings. The molecule has 94 valence electrons. The zero-order valence-corrected chi connectivity index (χ0v) is 8.98. The van der Waals surface area contributed by atoms with Crippen molar-refractivity contribution in [2.24, 2.45) is 17.2 Å². The van der Waals surface area contributed by atoms with E-state index in [9.17, 15) is 0 Å². The third kappa shape index (κ3) is 186. The van der Waals surface area contributed by atoms with Gasteiger partial charge in [0, 0.05) is 0 Å². The lowest BCUT2D eigenvalue weighted by atomic mass is 11.3. The smallest absolute Gasteiger partial charge is 0.253 e. The molecular formula is C7H21N3O3S2. The highest BCUT2D eigenvalue weighted by Crippen LogP contribution is 1.58. The minimum atomic E-state index is 0. The van der Waals surface area contributed by atoms with Crippen LogP contribution in [0.2, 0.25) is 0 Å². The Bertz CT molecular complexity index is 142. The van der Waals surface area contributed by atoms with Crippen molar-refractivity contribution in [1.82, 2.24) is 0 Å². The van der Waals surface area contributed by atoms with Crippen LogP contribution in [0.25, 0.3) is 0 Å². The number of primary amides is 1. The molecule has 0 aromatic heterocycles. The van der Waals surface area contributed by atoms with E-state index in [-0.39, 0.29) is 31.6 Å². The average Bonchev–Trinajstić information content (AvgIpc) is 2.07. The van der Waals surface area contributed by atoms with Crippen molar-refractivity contribution in [3.05, 3.63) is 0 Å². The van der Waals surface area contributed by atoms with E-state index < -0.39 is 0 Å². The number of carbonyl (C=O) groups excluding carboxylic acids is 1. The van der Waals surface area contributed by atoms with Crippen LogP contribution < -0.4 is 17.2 Å². The molecule has 0 fully saturated rings. The standard InChI is InChI=1S/2C2H5NOS.CH3NO.2CH4/c2*1-4-2(3)5;2-1-3;;/h2*1H3,(H2,3,5);1H,(H2,2,3);2*1H4. The summed E-state index contributed by atoms with van der Waals surface area (Å²) in [5, 5.41) is 0.176. The largest absolute Gasteiger partial charge is 0.475 e. The molecule has 0 radical (unpaired) electrons. The molecular weight excluding hydrogens is 238 g/mol. The first kappa shape index (κ1) is 29.2. The fourth-order valence-corrected chi connectivity index (χ4v) is 0. The molecule has 0 rings (SSSR count). The number of amides is 1. The Balaban J connectivity index is -0.0000000322. The van der Waals surface area contributed by atoms with Crippen LogP contribution in [0, 0.1) is 0 Å². The second-order valence-corrected chi connectivity index (χ2v) is 1.99. The molecule has 6 N–H and O–H groups in total. The minimum absolute atomic E-state index is 0. The van der Waals surface area contributed by atoms with Gasteiger partial charge in [-0.1, -0.05) is 14.9 Å². The fourth-order valence-electron chi connectivity index (χ4n) is 0. The first-order valence-corrected chi connectivity index (χ1v) is 3.60. The van der Waals surface area contributed by atoms with Crippen LogP contribution in [0.15, 0.2) is 0 Å². The Morgan fingerprint density at radius 1 is 1.07 bits per heavy atom. The highest BCUT2D eigenvalue weighted by Gasteiger charge is 1.69. The minimum Gasteiger partial charge on any atom is -0.475 e. The van der Waals surface area contributed by atoms with Gasteiger partial charge in [0.1, 0.15) is 0 Å². The van der Waals surface area contributed by atoms with Crippen molar-refractivity contribution < 1.29 is 14.3 Å². The molecule has 0 saturated heterocycles. The molecule has 0 aromatic carbocycles. The molecule has 0 bridgehead atoms. The number of thiocarbonyl (C=S) groups is 2. The Morgan fingerprint density at radius 3 is 1.13 bits per heavy atom. The SMILES string of the molecule is C.C.COC(N)=S.COC(N)=S.NC=O. The number of methoxy groups -OCH3 is 2. The van der Waals surface area contributed by atoms with Crippen molar-refractivity contribution in [3.8, 4) is 0 Å². The molecule has 0 aromatic rings. The molecule has 6 nitrogen and oxygen atoms in total.